The van der Waals surface area contributed by atoms with E-state index in [4.69, 9.17) is 4.74 Å². The molecule has 0 saturated carbocycles. The predicted molar refractivity (Wildman–Crippen MR) is 70.8 cm³/mol. The molecular formula is C12H12F3IO3. The van der Waals surface area contributed by atoms with Gasteiger partial charge in [0.1, 0.15) is 5.75 Å². The van der Waals surface area contributed by atoms with Crippen molar-refractivity contribution < 1.29 is 27.4 Å². The van der Waals surface area contributed by atoms with Gasteiger partial charge in [-0.25, -0.2) is 0 Å². The zero-order valence-electron chi connectivity index (χ0n) is 10.1. The highest BCUT2D eigenvalue weighted by Gasteiger charge is 2.32. The number of ether oxygens (including phenoxy) is 2. The fourth-order valence-electron chi connectivity index (χ4n) is 1.42. The second kappa shape index (κ2) is 6.97. The summed E-state index contributed by atoms with van der Waals surface area (Å²) in [5, 5.41) is 0. The van der Waals surface area contributed by atoms with Gasteiger partial charge in [-0.2, -0.15) is 0 Å². The molecule has 0 heterocycles. The minimum absolute atomic E-state index is 0.0165. The molecule has 0 fully saturated rings. The minimum Gasteiger partial charge on any atom is -0.466 e. The highest BCUT2D eigenvalue weighted by Crippen LogP contribution is 2.29. The fourth-order valence-corrected chi connectivity index (χ4v) is 1.89. The Morgan fingerprint density at radius 1 is 1.37 bits per heavy atom. The van der Waals surface area contributed by atoms with Crippen molar-refractivity contribution in [2.24, 2.45) is 0 Å². The molecule has 0 aliphatic heterocycles. The topological polar surface area (TPSA) is 35.5 Å². The van der Waals surface area contributed by atoms with Crippen LogP contribution < -0.4 is 4.74 Å². The van der Waals surface area contributed by atoms with E-state index in [0.717, 1.165) is 0 Å². The molecule has 0 saturated heterocycles. The van der Waals surface area contributed by atoms with Crippen LogP contribution >= 0.6 is 22.6 Å². The zero-order valence-corrected chi connectivity index (χ0v) is 12.2. The monoisotopic (exact) mass is 388 g/mol. The molecule has 0 radical (unpaired) electrons. The third kappa shape index (κ3) is 6.13. The maximum absolute atomic E-state index is 12.3. The smallest absolute Gasteiger partial charge is 0.466 e. The first-order valence-electron chi connectivity index (χ1n) is 5.51. The van der Waals surface area contributed by atoms with Crippen LogP contribution in [0.15, 0.2) is 18.2 Å². The lowest BCUT2D eigenvalue weighted by Gasteiger charge is -2.13. The largest absolute Gasteiger partial charge is 0.573 e. The van der Waals surface area contributed by atoms with Gasteiger partial charge in [0.05, 0.1) is 6.61 Å². The molecule has 0 aromatic heterocycles. The van der Waals surface area contributed by atoms with Crippen molar-refractivity contribution in [2.75, 3.05) is 6.61 Å². The second-order valence-corrected chi connectivity index (χ2v) is 4.85. The molecule has 0 aliphatic rings. The lowest BCUT2D eigenvalue weighted by atomic mass is 10.1. The molecule has 1 aromatic carbocycles. The summed E-state index contributed by atoms with van der Waals surface area (Å²) in [6, 6.07) is 4.46. The van der Waals surface area contributed by atoms with E-state index < -0.39 is 12.3 Å². The van der Waals surface area contributed by atoms with Gasteiger partial charge in [-0.05, 0) is 53.6 Å². The number of aryl methyl sites for hydroxylation is 1. The van der Waals surface area contributed by atoms with Crippen LogP contribution in [-0.4, -0.2) is 18.9 Å². The van der Waals surface area contributed by atoms with Crippen LogP contribution in [0.4, 0.5) is 13.2 Å². The quantitative estimate of drug-likeness (QED) is 0.570. The summed E-state index contributed by atoms with van der Waals surface area (Å²) in [7, 11) is 0. The third-order valence-corrected chi connectivity index (χ3v) is 2.83. The van der Waals surface area contributed by atoms with Gasteiger partial charge in [0.25, 0.3) is 0 Å². The number of hydrogen-bond acceptors (Lipinski definition) is 3. The highest BCUT2D eigenvalue weighted by molar-refractivity contribution is 14.1. The van der Waals surface area contributed by atoms with E-state index >= 15 is 0 Å². The van der Waals surface area contributed by atoms with Crippen molar-refractivity contribution in [3.63, 3.8) is 0 Å². The van der Waals surface area contributed by atoms with Crippen LogP contribution in [0.1, 0.15) is 18.9 Å². The standard InChI is InChI=1S/C12H12F3IO3/c1-2-18-11(17)6-4-8-3-5-9(16)7-10(8)19-12(13,14)15/h3,5,7H,2,4,6H2,1H3. The van der Waals surface area contributed by atoms with E-state index in [0.29, 0.717) is 9.13 Å². The summed E-state index contributed by atoms with van der Waals surface area (Å²) in [6.45, 7) is 1.92. The van der Waals surface area contributed by atoms with Gasteiger partial charge in [-0.15, -0.1) is 13.2 Å². The molecule has 0 aliphatic carbocycles. The van der Waals surface area contributed by atoms with E-state index in [2.05, 4.69) is 4.74 Å². The molecule has 106 valence electrons. The Morgan fingerprint density at radius 2 is 2.05 bits per heavy atom. The Kier molecular flexibility index (Phi) is 5.89. The van der Waals surface area contributed by atoms with Crippen molar-refractivity contribution in [1.82, 2.24) is 0 Å². The molecule has 0 amide bonds. The van der Waals surface area contributed by atoms with Crippen LogP contribution in [0.25, 0.3) is 0 Å². The molecule has 1 aromatic rings. The first-order chi connectivity index (χ1) is 8.81. The van der Waals surface area contributed by atoms with Crippen LogP contribution in [0.5, 0.6) is 5.75 Å². The van der Waals surface area contributed by atoms with Crippen molar-refractivity contribution >= 4 is 28.6 Å². The number of alkyl halides is 3. The number of rotatable bonds is 5. The molecule has 0 unspecified atom stereocenters. The third-order valence-electron chi connectivity index (χ3n) is 2.16. The maximum atomic E-state index is 12.3. The lowest BCUT2D eigenvalue weighted by molar-refractivity contribution is -0.274. The highest BCUT2D eigenvalue weighted by atomic mass is 127. The van der Waals surface area contributed by atoms with Crippen LogP contribution in [0, 0.1) is 3.57 Å². The summed E-state index contributed by atoms with van der Waals surface area (Å²) < 4.78 is 46.1. The average molecular weight is 388 g/mol. The van der Waals surface area contributed by atoms with Crippen LogP contribution in [0.3, 0.4) is 0 Å². The lowest BCUT2D eigenvalue weighted by Crippen LogP contribution is -2.18. The van der Waals surface area contributed by atoms with Gasteiger partial charge in [0, 0.05) is 9.99 Å². The Labute approximate surface area is 122 Å². The molecule has 7 heteroatoms. The molecule has 0 bridgehead atoms. The Morgan fingerprint density at radius 3 is 2.63 bits per heavy atom. The molecule has 0 N–H and O–H groups in total. The summed E-state index contributed by atoms with van der Waals surface area (Å²) in [4.78, 5) is 11.2. The summed E-state index contributed by atoms with van der Waals surface area (Å²) >= 11 is 1.89. The number of hydrogen-bond donors (Lipinski definition) is 0. The van der Waals surface area contributed by atoms with Gasteiger partial charge in [0.15, 0.2) is 0 Å². The van der Waals surface area contributed by atoms with Crippen LogP contribution in [0.2, 0.25) is 0 Å². The van der Waals surface area contributed by atoms with Gasteiger partial charge in [-0.1, -0.05) is 6.07 Å². The summed E-state index contributed by atoms with van der Waals surface area (Å²) in [5.41, 5.74) is 0.325. The van der Waals surface area contributed by atoms with Gasteiger partial charge >= 0.3 is 12.3 Å². The van der Waals surface area contributed by atoms with Gasteiger partial charge in [-0.3, -0.25) is 4.79 Å². The van der Waals surface area contributed by atoms with E-state index in [1.807, 2.05) is 22.6 Å². The minimum atomic E-state index is -4.75. The Hall–Kier alpha value is -0.990. The predicted octanol–water partition coefficient (Wildman–Crippen LogP) is 3.69. The number of benzene rings is 1. The Bertz CT molecular complexity index is 446. The number of carbonyl (C=O) groups is 1. The van der Waals surface area contributed by atoms with Gasteiger partial charge < -0.3 is 9.47 Å². The van der Waals surface area contributed by atoms with Crippen molar-refractivity contribution in [3.8, 4) is 5.75 Å². The zero-order chi connectivity index (χ0) is 14.5. The van der Waals surface area contributed by atoms with E-state index in [9.17, 15) is 18.0 Å². The summed E-state index contributed by atoms with van der Waals surface area (Å²) in [6.07, 6.45) is -4.59. The molecular weight excluding hydrogens is 376 g/mol. The van der Waals surface area contributed by atoms with Crippen molar-refractivity contribution in [1.29, 1.82) is 0 Å². The maximum Gasteiger partial charge on any atom is 0.573 e. The first-order valence-corrected chi connectivity index (χ1v) is 6.59. The molecule has 1 rings (SSSR count). The first kappa shape index (κ1) is 16.1. The van der Waals surface area contributed by atoms with Gasteiger partial charge in [0.2, 0.25) is 0 Å². The SMILES string of the molecule is CCOC(=O)CCc1ccc(I)cc1OC(F)(F)F. The Balaban J connectivity index is 2.79. The average Bonchev–Trinajstić information content (AvgIpc) is 2.26. The van der Waals surface area contributed by atoms with Crippen molar-refractivity contribution in [2.45, 2.75) is 26.1 Å². The van der Waals surface area contributed by atoms with Crippen LogP contribution in [-0.2, 0) is 16.0 Å². The molecule has 0 atom stereocenters. The van der Waals surface area contributed by atoms with E-state index in [-0.39, 0.29) is 25.2 Å². The van der Waals surface area contributed by atoms with E-state index in [1.54, 1.807) is 13.0 Å². The number of halogens is 4. The molecule has 19 heavy (non-hydrogen) atoms. The normalized spacial score (nSPS) is 11.2. The summed E-state index contributed by atoms with van der Waals surface area (Å²) in [5.74, 6) is -0.720. The number of esters is 1. The fraction of sp³-hybridized carbons (Fsp3) is 0.417. The second-order valence-electron chi connectivity index (χ2n) is 3.60. The van der Waals surface area contributed by atoms with Crippen molar-refractivity contribution in [3.05, 3.63) is 27.3 Å². The molecule has 0 spiro atoms. The van der Waals surface area contributed by atoms with E-state index in [1.165, 1.54) is 12.1 Å². The number of carbonyl (C=O) groups excluding carboxylic acids is 1. The molecule has 3 nitrogen and oxygen atoms in total.